The first-order valence-corrected chi connectivity index (χ1v) is 42.2. The zero-order chi connectivity index (χ0) is 96.9. The van der Waals surface area contributed by atoms with Crippen LogP contribution in [0.2, 0.25) is 0 Å². The monoisotopic (exact) mass is 1800 g/mol. The lowest BCUT2D eigenvalue weighted by atomic mass is 10.1. The summed E-state index contributed by atoms with van der Waals surface area (Å²) in [4.78, 5) is 147. The second-order valence-corrected chi connectivity index (χ2v) is 32.4. The summed E-state index contributed by atoms with van der Waals surface area (Å²) in [5.41, 5.74) is 19.1. The van der Waals surface area contributed by atoms with E-state index in [4.69, 9.17) is 59.8 Å². The van der Waals surface area contributed by atoms with Crippen molar-refractivity contribution < 1.29 is 101 Å². The molecular weight excluding hydrogens is 1690 g/mol. The lowest BCUT2D eigenvalue weighted by molar-refractivity contribution is -0.386. The molecule has 0 aromatic heterocycles. The number of nitrogens with one attached hydrogen (secondary N) is 6. The fourth-order valence-electron chi connectivity index (χ4n) is 11.5. The number of benzene rings is 9. The molecule has 9 aromatic carbocycles. The van der Waals surface area contributed by atoms with Gasteiger partial charge in [0, 0.05) is 86.5 Å². The van der Waals surface area contributed by atoms with Crippen molar-refractivity contribution in [2.24, 2.45) is 35.0 Å². The van der Waals surface area contributed by atoms with E-state index in [1.165, 1.54) is 164 Å². The molecule has 2 atom stereocenters. The average Bonchev–Trinajstić information content (AvgIpc) is 0.820. The Morgan fingerprint density at radius 2 is 0.450 bits per heavy atom. The Hall–Kier alpha value is -15.4. The average molecular weight is 1810 g/mol. The Morgan fingerprint density at radius 1 is 0.267 bits per heavy atom. The summed E-state index contributed by atoms with van der Waals surface area (Å²) in [7, 11) is 0. The quantitative estimate of drug-likeness (QED) is 0.0127. The van der Waals surface area contributed by atoms with E-state index < -0.39 is 67.9 Å². The van der Waals surface area contributed by atoms with Crippen LogP contribution in [0.1, 0.15) is 231 Å². The SMILES string of the molecule is CC(C)COc1cc(C(=O)Nc2ccc(C(=O)Nc3ccc(C(N)=O)cc3OC(C)C)cc2OC(C)C)ccc1[N+](=O)[O-].CC(C)COc1cc(C(N)=O)ccc1NC(=O)c1ccc(NC(=O)c2ccc([N+](=O)[O-])c(OCC(C)C)c2)c(OC(C)C)c1.CCC(C)Oc1cc(C(=O)Nc2ccc(C(N)=O)cc2OC(C)C)ccc1NC(=O)c1ccc([N+](=O)[O-])c(OC(C)CC)c1. The number of nitrogens with zero attached hydrogens (tertiary/aromatic N) is 3. The molecule has 0 spiro atoms. The van der Waals surface area contributed by atoms with E-state index in [2.05, 4.69) is 31.9 Å². The number of ether oxygens (including phenoxy) is 9. The zero-order valence-corrected chi connectivity index (χ0v) is 76.2. The molecule has 0 bridgehead atoms. The van der Waals surface area contributed by atoms with Crippen molar-refractivity contribution >= 4 is 104 Å². The molecule has 0 saturated heterocycles. The zero-order valence-electron chi connectivity index (χ0n) is 76.2. The second kappa shape index (κ2) is 48.0. The maximum Gasteiger partial charge on any atom is 0.310 e. The van der Waals surface area contributed by atoms with Crippen molar-refractivity contribution in [3.8, 4) is 51.7 Å². The molecule has 0 radical (unpaired) electrons. The van der Waals surface area contributed by atoms with Crippen molar-refractivity contribution in [2.75, 3.05) is 51.7 Å². The maximum atomic E-state index is 13.3. The van der Waals surface area contributed by atoms with Crippen LogP contribution in [0.5, 0.6) is 51.7 Å². The number of hydrogen-bond acceptors (Lipinski definition) is 24. The van der Waals surface area contributed by atoms with Gasteiger partial charge in [0.2, 0.25) is 17.7 Å². The molecule has 131 heavy (non-hydrogen) atoms. The summed E-state index contributed by atoms with van der Waals surface area (Å²) < 4.78 is 52.1. The molecule has 0 saturated carbocycles. The van der Waals surface area contributed by atoms with E-state index in [0.717, 1.165) is 0 Å². The molecule has 0 aliphatic carbocycles. The maximum absolute atomic E-state index is 13.3. The van der Waals surface area contributed by atoms with Gasteiger partial charge in [-0.25, -0.2) is 0 Å². The third-order valence-corrected chi connectivity index (χ3v) is 18.2. The molecule has 2 unspecified atom stereocenters. The van der Waals surface area contributed by atoms with Crippen molar-refractivity contribution in [2.45, 2.75) is 174 Å². The van der Waals surface area contributed by atoms with Crippen LogP contribution in [0.4, 0.5) is 51.2 Å². The van der Waals surface area contributed by atoms with Crippen LogP contribution in [-0.2, 0) is 0 Å². The highest BCUT2D eigenvalue weighted by Gasteiger charge is 2.28. The summed E-state index contributed by atoms with van der Waals surface area (Å²) in [6.07, 6.45) is -0.323. The Balaban J connectivity index is 0.000000269. The van der Waals surface area contributed by atoms with Crippen LogP contribution in [-0.4, -0.2) is 124 Å². The van der Waals surface area contributed by atoms with Gasteiger partial charge < -0.3 is 91.7 Å². The minimum Gasteiger partial charge on any atom is -0.491 e. The minimum atomic E-state index is -0.632. The number of anilines is 6. The Morgan fingerprint density at radius 3 is 0.679 bits per heavy atom. The van der Waals surface area contributed by atoms with Crippen LogP contribution in [0, 0.1) is 48.1 Å². The standard InChI is InChI=1S/2C32H38N4O8.C31H36N4O8/c1-18(2)16-42-27-13-21(30(33)37)7-10-24(27)34-31(38)22-8-11-25(28(14-22)44-20(5)6)35-32(39)23-9-12-26(36(40)41)29(15-23)43-17-19(3)4;1-7-19(5)43-28-16-22(31(38)34-24-12-9-21(30(33)37)15-27(24)42-18(3)4)10-13-25(28)35-32(39)23-11-14-26(36(40)41)29(17-23)44-20(6)8-2;1-17(2)16-41-28-15-22(9-12-25(28)35(39)40)31(38)34-24-11-8-21(14-27(24)43-19(5)6)30(37)33-23-10-7-20(29(32)36)13-26(23)42-18(3)4/h7-15,18-20H,16-17H2,1-6H3,(H2,33,37)(H,34,38)(H,35,39);9-20H,7-8H2,1-6H3,(H2,33,37)(H,34,38)(H,35,39);7-15,17-19H,16H2,1-6H3,(H2,32,36)(H,33,37)(H,34,38). The number of nitro groups is 3. The number of carbonyl (C=O) groups is 9. The van der Waals surface area contributed by atoms with Gasteiger partial charge in [-0.15, -0.1) is 0 Å². The molecule has 9 amide bonds. The molecule has 0 aliphatic rings. The Bertz CT molecular complexity index is 5670. The molecule has 0 heterocycles. The number of amides is 9. The van der Waals surface area contributed by atoms with Gasteiger partial charge in [0.15, 0.2) is 17.2 Å². The van der Waals surface area contributed by atoms with Gasteiger partial charge in [0.05, 0.1) is 105 Å². The lowest BCUT2D eigenvalue weighted by Gasteiger charge is -2.19. The number of nitrogens with two attached hydrogens (primary N) is 3. The predicted molar refractivity (Wildman–Crippen MR) is 496 cm³/mol. The van der Waals surface area contributed by atoms with E-state index >= 15 is 0 Å². The summed E-state index contributed by atoms with van der Waals surface area (Å²) in [6, 6.07) is 38.7. The van der Waals surface area contributed by atoms with Gasteiger partial charge in [-0.3, -0.25) is 73.5 Å². The molecule has 0 aliphatic heterocycles. The van der Waals surface area contributed by atoms with Crippen LogP contribution in [0.25, 0.3) is 0 Å². The van der Waals surface area contributed by atoms with E-state index in [0.29, 0.717) is 47.9 Å². The Kier molecular flexibility index (Phi) is 37.6. The number of hydrogen-bond donors (Lipinski definition) is 9. The summed E-state index contributed by atoms with van der Waals surface area (Å²) in [6.45, 7) is 34.2. The van der Waals surface area contributed by atoms with E-state index in [-0.39, 0.29) is 192 Å². The number of carbonyl (C=O) groups excluding carboxylic acids is 9. The van der Waals surface area contributed by atoms with Crippen molar-refractivity contribution in [1.82, 2.24) is 0 Å². The number of primary amides is 3. The highest BCUT2D eigenvalue weighted by Crippen LogP contribution is 2.39. The number of nitro benzene ring substituents is 3. The van der Waals surface area contributed by atoms with E-state index in [9.17, 15) is 73.5 Å². The van der Waals surface area contributed by atoms with Gasteiger partial charge in [0.1, 0.15) is 34.5 Å². The normalized spacial score (nSPS) is 11.3. The van der Waals surface area contributed by atoms with Gasteiger partial charge in [-0.2, -0.15) is 0 Å². The Labute approximate surface area is 758 Å². The van der Waals surface area contributed by atoms with Crippen molar-refractivity contribution in [3.63, 3.8) is 0 Å². The molecule has 36 nitrogen and oxygen atoms in total. The minimum absolute atomic E-state index is 0.00947. The molecule has 696 valence electrons. The molecule has 0 fully saturated rings. The first-order chi connectivity index (χ1) is 61.8. The highest BCUT2D eigenvalue weighted by atomic mass is 16.6. The second-order valence-electron chi connectivity index (χ2n) is 32.4. The first kappa shape index (κ1) is 103. The van der Waals surface area contributed by atoms with Gasteiger partial charge in [0.25, 0.3) is 35.4 Å². The molecule has 9 rings (SSSR count). The fraction of sp³-hybridized carbons (Fsp3) is 0.337. The van der Waals surface area contributed by atoms with Gasteiger partial charge in [-0.1, -0.05) is 55.4 Å². The smallest absolute Gasteiger partial charge is 0.310 e. The summed E-state index contributed by atoms with van der Waals surface area (Å²) in [5.74, 6) is -3.04. The third-order valence-electron chi connectivity index (χ3n) is 18.2. The largest absolute Gasteiger partial charge is 0.491 e. The first-order valence-electron chi connectivity index (χ1n) is 42.2. The number of rotatable bonds is 41. The van der Waals surface area contributed by atoms with Crippen LogP contribution in [0.15, 0.2) is 164 Å². The van der Waals surface area contributed by atoms with Crippen molar-refractivity contribution in [3.05, 3.63) is 244 Å². The molecular formula is C95H112N12O24. The molecule has 36 heteroatoms. The summed E-state index contributed by atoms with van der Waals surface area (Å²) in [5, 5.41) is 51.1. The highest BCUT2D eigenvalue weighted by molar-refractivity contribution is 6.11. The van der Waals surface area contributed by atoms with Gasteiger partial charge >= 0.3 is 17.1 Å². The van der Waals surface area contributed by atoms with Crippen LogP contribution >= 0.6 is 0 Å². The van der Waals surface area contributed by atoms with Crippen molar-refractivity contribution in [1.29, 1.82) is 0 Å². The van der Waals surface area contributed by atoms with E-state index in [1.54, 1.807) is 48.5 Å². The van der Waals surface area contributed by atoms with E-state index in [1.807, 2.05) is 76.2 Å². The molecule has 12 N–H and O–H groups in total. The lowest BCUT2D eigenvalue weighted by Crippen LogP contribution is -2.18. The summed E-state index contributed by atoms with van der Waals surface area (Å²) >= 11 is 0. The topological polar surface area (TPSA) is 516 Å². The third kappa shape index (κ3) is 31.0. The van der Waals surface area contributed by atoms with Gasteiger partial charge in [-0.05, 0) is 227 Å². The van der Waals surface area contributed by atoms with Crippen LogP contribution in [0.3, 0.4) is 0 Å². The van der Waals surface area contributed by atoms with Crippen LogP contribution < -0.4 is 91.7 Å². The molecule has 9 aromatic rings. The predicted octanol–water partition coefficient (Wildman–Crippen LogP) is 18.2. The fourth-order valence-corrected chi connectivity index (χ4v) is 11.5.